The molecule has 5 nitrogen and oxygen atoms in total. The molecule has 0 spiro atoms. The summed E-state index contributed by atoms with van der Waals surface area (Å²) in [7, 11) is 0. The van der Waals surface area contributed by atoms with Crippen molar-refractivity contribution in [2.75, 3.05) is 18.0 Å². The number of piperidine rings is 1. The summed E-state index contributed by atoms with van der Waals surface area (Å²) in [5.74, 6) is 2.14. The van der Waals surface area contributed by atoms with Crippen LogP contribution < -0.4 is 4.90 Å². The second-order valence-corrected chi connectivity index (χ2v) is 6.92. The van der Waals surface area contributed by atoms with Crippen LogP contribution in [0.3, 0.4) is 0 Å². The molecular weight excluding hydrogens is 334 g/mol. The third-order valence-corrected chi connectivity index (χ3v) is 5.24. The number of hydrogen-bond acceptors (Lipinski definition) is 5. The van der Waals surface area contributed by atoms with E-state index in [0.717, 1.165) is 59.9 Å². The molecule has 0 saturated carbocycles. The molecular formula is C19H20ClN5. The maximum atomic E-state index is 6.22. The third-order valence-electron chi connectivity index (χ3n) is 4.87. The van der Waals surface area contributed by atoms with Crippen molar-refractivity contribution in [1.29, 1.82) is 0 Å². The van der Waals surface area contributed by atoms with Crippen molar-refractivity contribution in [2.24, 2.45) is 0 Å². The first-order valence-corrected chi connectivity index (χ1v) is 8.97. The van der Waals surface area contributed by atoms with Gasteiger partial charge in [-0.25, -0.2) is 19.9 Å². The summed E-state index contributed by atoms with van der Waals surface area (Å²) < 4.78 is 0. The topological polar surface area (TPSA) is 54.8 Å². The molecule has 0 bridgehead atoms. The van der Waals surface area contributed by atoms with Gasteiger partial charge in [0.2, 0.25) is 0 Å². The predicted molar refractivity (Wildman–Crippen MR) is 100 cm³/mol. The minimum absolute atomic E-state index is 0.460. The van der Waals surface area contributed by atoms with Gasteiger partial charge in [0.1, 0.15) is 16.8 Å². The average molecular weight is 354 g/mol. The van der Waals surface area contributed by atoms with Crippen LogP contribution in [0.2, 0.25) is 5.15 Å². The quantitative estimate of drug-likeness (QED) is 0.650. The molecule has 3 aromatic heterocycles. The van der Waals surface area contributed by atoms with Gasteiger partial charge in [-0.1, -0.05) is 11.6 Å². The monoisotopic (exact) mass is 353 g/mol. The summed E-state index contributed by atoms with van der Waals surface area (Å²) in [4.78, 5) is 20.3. The number of pyridine rings is 2. The second kappa shape index (κ2) is 6.56. The molecule has 1 aliphatic heterocycles. The van der Waals surface area contributed by atoms with E-state index in [4.69, 9.17) is 16.6 Å². The van der Waals surface area contributed by atoms with Crippen molar-refractivity contribution < 1.29 is 0 Å². The summed E-state index contributed by atoms with van der Waals surface area (Å²) in [5, 5.41) is 1.64. The van der Waals surface area contributed by atoms with Gasteiger partial charge in [-0.05, 0) is 51.0 Å². The molecule has 0 radical (unpaired) electrons. The Morgan fingerprint density at radius 1 is 1.04 bits per heavy atom. The second-order valence-electron chi connectivity index (χ2n) is 6.56. The maximum Gasteiger partial charge on any atom is 0.159 e. The van der Waals surface area contributed by atoms with E-state index in [2.05, 4.69) is 32.0 Å². The standard InChI is InChI=1S/C19H20ClN5/c1-12-17(20)22-13(2)23-19(12)25-10-7-14(8-11-25)16-6-5-15-4-3-9-21-18(15)24-16/h3-6,9,14H,7-8,10-11H2,1-2H3. The number of aromatic nitrogens is 4. The normalized spacial score (nSPS) is 15.7. The fourth-order valence-corrected chi connectivity index (χ4v) is 3.68. The van der Waals surface area contributed by atoms with Crippen LogP contribution in [0.1, 0.15) is 35.8 Å². The zero-order valence-corrected chi connectivity index (χ0v) is 15.2. The van der Waals surface area contributed by atoms with Crippen LogP contribution in [0.15, 0.2) is 30.5 Å². The minimum Gasteiger partial charge on any atom is -0.356 e. The first kappa shape index (κ1) is 16.2. The number of nitrogens with zero attached hydrogens (tertiary/aromatic N) is 5. The maximum absolute atomic E-state index is 6.22. The van der Waals surface area contributed by atoms with Crippen molar-refractivity contribution in [3.63, 3.8) is 0 Å². The van der Waals surface area contributed by atoms with Crippen LogP contribution in [-0.2, 0) is 0 Å². The number of anilines is 1. The molecule has 1 aliphatic rings. The number of rotatable bonds is 2. The Morgan fingerprint density at radius 2 is 1.84 bits per heavy atom. The third kappa shape index (κ3) is 3.16. The van der Waals surface area contributed by atoms with E-state index >= 15 is 0 Å². The van der Waals surface area contributed by atoms with Crippen molar-refractivity contribution in [1.82, 2.24) is 19.9 Å². The van der Waals surface area contributed by atoms with E-state index in [1.807, 2.05) is 26.0 Å². The molecule has 0 N–H and O–H groups in total. The van der Waals surface area contributed by atoms with Gasteiger partial charge < -0.3 is 4.90 Å². The van der Waals surface area contributed by atoms with Crippen molar-refractivity contribution in [3.05, 3.63) is 52.7 Å². The average Bonchev–Trinajstić information content (AvgIpc) is 2.64. The minimum atomic E-state index is 0.460. The highest BCUT2D eigenvalue weighted by Crippen LogP contribution is 2.32. The lowest BCUT2D eigenvalue weighted by Gasteiger charge is -2.33. The van der Waals surface area contributed by atoms with Gasteiger partial charge in [0.15, 0.2) is 5.65 Å². The summed E-state index contributed by atoms with van der Waals surface area (Å²) in [6, 6.07) is 8.25. The molecule has 1 saturated heterocycles. The van der Waals surface area contributed by atoms with Crippen LogP contribution in [0.4, 0.5) is 5.82 Å². The molecule has 1 fully saturated rings. The highest BCUT2D eigenvalue weighted by Gasteiger charge is 2.24. The summed E-state index contributed by atoms with van der Waals surface area (Å²) in [6.07, 6.45) is 3.89. The lowest BCUT2D eigenvalue weighted by Crippen LogP contribution is -2.34. The molecule has 4 rings (SSSR count). The Labute approximate surface area is 152 Å². The fraction of sp³-hybridized carbons (Fsp3) is 0.368. The molecule has 6 heteroatoms. The van der Waals surface area contributed by atoms with E-state index in [-0.39, 0.29) is 0 Å². The van der Waals surface area contributed by atoms with Crippen molar-refractivity contribution >= 4 is 28.5 Å². The molecule has 3 aromatic rings. The van der Waals surface area contributed by atoms with Crippen LogP contribution in [-0.4, -0.2) is 33.0 Å². The van der Waals surface area contributed by atoms with Gasteiger partial charge in [0, 0.05) is 41.8 Å². The summed E-state index contributed by atoms with van der Waals surface area (Å²) in [6.45, 7) is 5.76. The fourth-order valence-electron chi connectivity index (χ4n) is 3.47. The molecule has 0 aliphatic carbocycles. The summed E-state index contributed by atoms with van der Waals surface area (Å²) >= 11 is 6.22. The van der Waals surface area contributed by atoms with Crippen LogP contribution in [0, 0.1) is 13.8 Å². The van der Waals surface area contributed by atoms with Crippen LogP contribution in [0.25, 0.3) is 11.0 Å². The lowest BCUT2D eigenvalue weighted by molar-refractivity contribution is 0.493. The lowest BCUT2D eigenvalue weighted by atomic mass is 9.92. The largest absolute Gasteiger partial charge is 0.356 e. The van der Waals surface area contributed by atoms with Crippen molar-refractivity contribution in [2.45, 2.75) is 32.6 Å². The van der Waals surface area contributed by atoms with E-state index in [1.54, 1.807) is 6.20 Å². The highest BCUT2D eigenvalue weighted by molar-refractivity contribution is 6.30. The number of fused-ring (bicyclic) bond motifs is 1. The number of hydrogen-bond donors (Lipinski definition) is 0. The van der Waals surface area contributed by atoms with E-state index in [1.165, 1.54) is 0 Å². The van der Waals surface area contributed by atoms with Crippen LogP contribution in [0.5, 0.6) is 0 Å². The van der Waals surface area contributed by atoms with E-state index < -0.39 is 0 Å². The predicted octanol–water partition coefficient (Wildman–Crippen LogP) is 4.07. The molecule has 4 heterocycles. The molecule has 128 valence electrons. The van der Waals surface area contributed by atoms with Gasteiger partial charge in [-0.3, -0.25) is 0 Å². The first-order chi connectivity index (χ1) is 12.1. The van der Waals surface area contributed by atoms with E-state index in [9.17, 15) is 0 Å². The van der Waals surface area contributed by atoms with Gasteiger partial charge in [0.25, 0.3) is 0 Å². The highest BCUT2D eigenvalue weighted by atomic mass is 35.5. The van der Waals surface area contributed by atoms with Gasteiger partial charge in [-0.2, -0.15) is 0 Å². The zero-order chi connectivity index (χ0) is 17.4. The first-order valence-electron chi connectivity index (χ1n) is 8.59. The Bertz CT molecular complexity index is 919. The van der Waals surface area contributed by atoms with E-state index in [0.29, 0.717) is 11.1 Å². The molecule has 25 heavy (non-hydrogen) atoms. The van der Waals surface area contributed by atoms with Crippen molar-refractivity contribution in [3.8, 4) is 0 Å². The Morgan fingerprint density at radius 3 is 2.64 bits per heavy atom. The SMILES string of the molecule is Cc1nc(Cl)c(C)c(N2CCC(c3ccc4cccnc4n3)CC2)n1. The molecule has 0 atom stereocenters. The molecule has 0 amide bonds. The van der Waals surface area contributed by atoms with Gasteiger partial charge in [0.05, 0.1) is 0 Å². The molecule has 0 unspecified atom stereocenters. The smallest absolute Gasteiger partial charge is 0.159 e. The Balaban J connectivity index is 1.53. The zero-order valence-electron chi connectivity index (χ0n) is 14.4. The Hall–Kier alpha value is -2.27. The summed E-state index contributed by atoms with van der Waals surface area (Å²) in [5.41, 5.74) is 2.93. The van der Waals surface area contributed by atoms with Gasteiger partial charge >= 0.3 is 0 Å². The van der Waals surface area contributed by atoms with Crippen LogP contribution >= 0.6 is 11.6 Å². The molecule has 0 aromatic carbocycles. The number of aryl methyl sites for hydroxylation is 1. The Kier molecular flexibility index (Phi) is 4.25. The number of halogens is 1. The van der Waals surface area contributed by atoms with Gasteiger partial charge in [-0.15, -0.1) is 0 Å².